The molecule has 0 spiro atoms. The van der Waals surface area contributed by atoms with Crippen molar-refractivity contribution in [2.75, 3.05) is 9.80 Å². The first kappa shape index (κ1) is 13.7. The summed E-state index contributed by atoms with van der Waals surface area (Å²) in [6, 6.07) is 19.2. The Labute approximate surface area is 127 Å². The summed E-state index contributed by atoms with van der Waals surface area (Å²) in [5.74, 6) is 0. The molecule has 0 amide bonds. The molecule has 0 fully saturated rings. The van der Waals surface area contributed by atoms with E-state index in [0.717, 1.165) is 0 Å². The van der Waals surface area contributed by atoms with E-state index in [1.165, 1.54) is 28.3 Å². The van der Waals surface area contributed by atoms with E-state index in [1.807, 2.05) is 0 Å². The van der Waals surface area contributed by atoms with Gasteiger partial charge < -0.3 is 9.80 Å². The fourth-order valence-corrected chi connectivity index (χ4v) is 3.24. The fraction of sp³-hybridized carbons (Fsp3) is 0.263. The summed E-state index contributed by atoms with van der Waals surface area (Å²) >= 11 is 0. The molecule has 0 aliphatic carbocycles. The lowest BCUT2D eigenvalue weighted by Crippen LogP contribution is -2.38. The Morgan fingerprint density at radius 2 is 1.29 bits per heavy atom. The van der Waals surface area contributed by atoms with Gasteiger partial charge in [0.05, 0.1) is 0 Å². The first-order chi connectivity index (χ1) is 10.1. The molecule has 2 heteroatoms. The average Bonchev–Trinajstić information content (AvgIpc) is 2.71. The fourth-order valence-electron chi connectivity index (χ4n) is 3.24. The highest BCUT2D eigenvalue weighted by atomic mass is 15.4. The lowest BCUT2D eigenvalue weighted by atomic mass is 10.1. The summed E-state index contributed by atoms with van der Waals surface area (Å²) < 4.78 is 0. The zero-order valence-corrected chi connectivity index (χ0v) is 13.2. The molecule has 0 aromatic heterocycles. The van der Waals surface area contributed by atoms with Gasteiger partial charge in [0, 0.05) is 22.8 Å². The molecule has 0 radical (unpaired) electrons. The molecule has 2 aromatic carbocycles. The Balaban J connectivity index is 2.05. The van der Waals surface area contributed by atoms with E-state index in [0.29, 0.717) is 0 Å². The molecular formula is C19H22N2. The molecule has 1 atom stereocenters. The van der Waals surface area contributed by atoms with Gasteiger partial charge in [-0.05, 0) is 51.5 Å². The van der Waals surface area contributed by atoms with Gasteiger partial charge >= 0.3 is 0 Å². The molecule has 0 saturated heterocycles. The highest BCUT2D eigenvalue weighted by Gasteiger charge is 2.33. The lowest BCUT2D eigenvalue weighted by molar-refractivity contribution is 0.727. The number of nitrogens with zero attached hydrogens (tertiary/aromatic N) is 2. The molecule has 2 aromatic rings. The van der Waals surface area contributed by atoms with Crippen molar-refractivity contribution < 1.29 is 0 Å². The second-order valence-electron chi connectivity index (χ2n) is 5.66. The van der Waals surface area contributed by atoms with Crippen LogP contribution in [-0.4, -0.2) is 6.17 Å². The summed E-state index contributed by atoms with van der Waals surface area (Å²) in [7, 11) is 0. The predicted octanol–water partition coefficient (Wildman–Crippen LogP) is 4.92. The second-order valence-corrected chi connectivity index (χ2v) is 5.66. The molecule has 3 rings (SSSR count). The van der Waals surface area contributed by atoms with Crippen LogP contribution < -0.4 is 9.80 Å². The summed E-state index contributed by atoms with van der Waals surface area (Å²) in [5.41, 5.74) is 6.49. The monoisotopic (exact) mass is 278 g/mol. The summed E-state index contributed by atoms with van der Waals surface area (Å²) in [6.07, 6.45) is 0.286. The van der Waals surface area contributed by atoms with Gasteiger partial charge in [0.1, 0.15) is 6.17 Å². The van der Waals surface area contributed by atoms with E-state index in [9.17, 15) is 0 Å². The van der Waals surface area contributed by atoms with Crippen molar-refractivity contribution >= 4 is 11.4 Å². The van der Waals surface area contributed by atoms with Crippen molar-refractivity contribution in [1.29, 1.82) is 0 Å². The van der Waals surface area contributed by atoms with Crippen molar-refractivity contribution in [3.8, 4) is 0 Å². The van der Waals surface area contributed by atoms with Crippen LogP contribution in [0.5, 0.6) is 0 Å². The first-order valence-corrected chi connectivity index (χ1v) is 7.48. The Kier molecular flexibility index (Phi) is 3.46. The van der Waals surface area contributed by atoms with Gasteiger partial charge in [-0.25, -0.2) is 0 Å². The number of allylic oxidation sites excluding steroid dienone is 2. The van der Waals surface area contributed by atoms with E-state index in [2.05, 4.69) is 92.1 Å². The van der Waals surface area contributed by atoms with Crippen molar-refractivity contribution in [2.45, 2.75) is 33.9 Å². The van der Waals surface area contributed by atoms with Gasteiger partial charge in [-0.1, -0.05) is 36.4 Å². The van der Waals surface area contributed by atoms with Crippen LogP contribution in [0.2, 0.25) is 0 Å². The maximum absolute atomic E-state index is 2.43. The van der Waals surface area contributed by atoms with Crippen molar-refractivity contribution in [1.82, 2.24) is 0 Å². The van der Waals surface area contributed by atoms with Crippen molar-refractivity contribution in [2.24, 2.45) is 0 Å². The molecular weight excluding hydrogens is 256 g/mol. The van der Waals surface area contributed by atoms with Gasteiger partial charge in [-0.15, -0.1) is 0 Å². The minimum atomic E-state index is 0.286. The highest BCUT2D eigenvalue weighted by Crippen LogP contribution is 2.38. The molecule has 108 valence electrons. The molecule has 0 bridgehead atoms. The third kappa shape index (κ3) is 2.21. The van der Waals surface area contributed by atoms with Gasteiger partial charge in [0.15, 0.2) is 0 Å². The largest absolute Gasteiger partial charge is 0.323 e. The zero-order chi connectivity index (χ0) is 15.0. The highest BCUT2D eigenvalue weighted by molar-refractivity contribution is 5.67. The van der Waals surface area contributed by atoms with Crippen LogP contribution in [0.15, 0.2) is 66.0 Å². The van der Waals surface area contributed by atoms with E-state index < -0.39 is 0 Å². The molecule has 1 unspecified atom stereocenters. The molecule has 1 aliphatic rings. The van der Waals surface area contributed by atoms with Crippen molar-refractivity contribution in [3.05, 3.63) is 71.6 Å². The summed E-state index contributed by atoms with van der Waals surface area (Å²) in [6.45, 7) is 8.85. The smallest absolute Gasteiger partial charge is 0.108 e. The zero-order valence-electron chi connectivity index (χ0n) is 13.2. The second kappa shape index (κ2) is 5.28. The third-order valence-electron chi connectivity index (χ3n) is 4.40. The number of para-hydroxylation sites is 2. The first-order valence-electron chi connectivity index (χ1n) is 7.48. The minimum absolute atomic E-state index is 0.286. The predicted molar refractivity (Wildman–Crippen MR) is 90.4 cm³/mol. The molecule has 0 N–H and O–H groups in total. The average molecular weight is 278 g/mol. The number of benzene rings is 2. The summed E-state index contributed by atoms with van der Waals surface area (Å²) in [4.78, 5) is 4.83. The Hall–Kier alpha value is -2.22. The van der Waals surface area contributed by atoms with Crippen LogP contribution >= 0.6 is 0 Å². The standard InChI is InChI=1S/C19H22N2/c1-14-10-8-9-13-19(14)21-16(3)15(2)20(17(21)4)18-11-6-5-7-12-18/h5-13,17H,1-4H3. The maximum atomic E-state index is 2.43. The van der Waals surface area contributed by atoms with E-state index >= 15 is 0 Å². The Morgan fingerprint density at radius 3 is 1.95 bits per heavy atom. The number of anilines is 2. The Bertz CT molecular complexity index is 673. The van der Waals surface area contributed by atoms with Crippen LogP contribution in [-0.2, 0) is 0 Å². The number of aryl methyl sites for hydroxylation is 1. The number of hydrogen-bond donors (Lipinski definition) is 0. The SMILES string of the molecule is CC1=C(C)N(c2ccccc2C)C(C)N1c1ccccc1. The molecule has 0 saturated carbocycles. The quantitative estimate of drug-likeness (QED) is 0.769. The molecule has 1 heterocycles. The van der Waals surface area contributed by atoms with Crippen LogP contribution in [0.4, 0.5) is 11.4 Å². The van der Waals surface area contributed by atoms with E-state index in [-0.39, 0.29) is 6.17 Å². The van der Waals surface area contributed by atoms with Crippen LogP contribution in [0.3, 0.4) is 0 Å². The third-order valence-corrected chi connectivity index (χ3v) is 4.40. The number of hydrogen-bond acceptors (Lipinski definition) is 2. The molecule has 2 nitrogen and oxygen atoms in total. The van der Waals surface area contributed by atoms with E-state index in [1.54, 1.807) is 0 Å². The van der Waals surface area contributed by atoms with Gasteiger partial charge in [0.2, 0.25) is 0 Å². The molecule has 1 aliphatic heterocycles. The van der Waals surface area contributed by atoms with Crippen LogP contribution in [0, 0.1) is 6.92 Å². The van der Waals surface area contributed by atoms with Crippen LogP contribution in [0.1, 0.15) is 26.3 Å². The lowest BCUT2D eigenvalue weighted by Gasteiger charge is -2.32. The van der Waals surface area contributed by atoms with Crippen LogP contribution in [0.25, 0.3) is 0 Å². The number of rotatable bonds is 2. The van der Waals surface area contributed by atoms with Gasteiger partial charge in [-0.3, -0.25) is 0 Å². The summed E-state index contributed by atoms with van der Waals surface area (Å²) in [5, 5.41) is 0. The van der Waals surface area contributed by atoms with E-state index in [4.69, 9.17) is 0 Å². The van der Waals surface area contributed by atoms with Gasteiger partial charge in [0.25, 0.3) is 0 Å². The maximum Gasteiger partial charge on any atom is 0.108 e. The van der Waals surface area contributed by atoms with Crippen molar-refractivity contribution in [3.63, 3.8) is 0 Å². The van der Waals surface area contributed by atoms with Gasteiger partial charge in [-0.2, -0.15) is 0 Å². The topological polar surface area (TPSA) is 6.48 Å². The molecule has 21 heavy (non-hydrogen) atoms. The minimum Gasteiger partial charge on any atom is -0.323 e. The Morgan fingerprint density at radius 1 is 0.714 bits per heavy atom. The normalized spacial score (nSPS) is 18.6.